The highest BCUT2D eigenvalue weighted by Crippen LogP contribution is 2.29. The summed E-state index contributed by atoms with van der Waals surface area (Å²) in [5.74, 6) is 0. The van der Waals surface area contributed by atoms with Crippen molar-refractivity contribution in [2.45, 2.75) is 19.4 Å². The van der Waals surface area contributed by atoms with Gasteiger partial charge < -0.3 is 14.6 Å². The highest BCUT2D eigenvalue weighted by molar-refractivity contribution is 5.82. The third-order valence-corrected chi connectivity index (χ3v) is 3.82. The summed E-state index contributed by atoms with van der Waals surface area (Å²) in [5, 5.41) is 4.89. The van der Waals surface area contributed by atoms with Crippen LogP contribution in [0.1, 0.15) is 23.6 Å². The summed E-state index contributed by atoms with van der Waals surface area (Å²) in [5.41, 5.74) is 3.59. The van der Waals surface area contributed by atoms with Gasteiger partial charge in [0.25, 0.3) is 0 Å². The SMILES string of the molecule is Cc1ccc2occ(C3CCN(C)CCN3)c2c1. The summed E-state index contributed by atoms with van der Waals surface area (Å²) >= 11 is 0. The monoisotopic (exact) mass is 244 g/mol. The van der Waals surface area contributed by atoms with Crippen LogP contribution < -0.4 is 5.32 Å². The number of rotatable bonds is 1. The van der Waals surface area contributed by atoms with Crippen LogP contribution in [-0.2, 0) is 0 Å². The van der Waals surface area contributed by atoms with Crippen LogP contribution in [-0.4, -0.2) is 31.6 Å². The van der Waals surface area contributed by atoms with Crippen molar-refractivity contribution in [2.75, 3.05) is 26.7 Å². The van der Waals surface area contributed by atoms with Crippen LogP contribution in [0.15, 0.2) is 28.9 Å². The van der Waals surface area contributed by atoms with E-state index in [9.17, 15) is 0 Å². The Morgan fingerprint density at radius 3 is 3.11 bits per heavy atom. The lowest BCUT2D eigenvalue weighted by Crippen LogP contribution is -2.24. The van der Waals surface area contributed by atoms with Crippen molar-refractivity contribution >= 4 is 11.0 Å². The van der Waals surface area contributed by atoms with Crippen molar-refractivity contribution < 1.29 is 4.42 Å². The Hall–Kier alpha value is -1.32. The van der Waals surface area contributed by atoms with E-state index in [1.165, 1.54) is 16.5 Å². The molecule has 1 saturated heterocycles. The van der Waals surface area contributed by atoms with Crippen molar-refractivity contribution in [3.05, 3.63) is 35.6 Å². The minimum absolute atomic E-state index is 0.415. The van der Waals surface area contributed by atoms with Gasteiger partial charge in [-0.2, -0.15) is 0 Å². The molecule has 1 N–H and O–H groups in total. The molecule has 0 bridgehead atoms. The average Bonchev–Trinajstić information content (AvgIpc) is 2.64. The number of furan rings is 1. The first-order valence-electron chi connectivity index (χ1n) is 6.64. The maximum absolute atomic E-state index is 5.67. The molecule has 3 rings (SSSR count). The second-order valence-corrected chi connectivity index (χ2v) is 5.29. The Balaban J connectivity index is 1.95. The molecule has 18 heavy (non-hydrogen) atoms. The van der Waals surface area contributed by atoms with Crippen LogP contribution in [0.2, 0.25) is 0 Å². The van der Waals surface area contributed by atoms with E-state index in [0.29, 0.717) is 6.04 Å². The minimum Gasteiger partial charge on any atom is -0.464 e. The molecule has 0 spiro atoms. The Labute approximate surface area is 108 Å². The normalized spacial score (nSPS) is 22.2. The summed E-state index contributed by atoms with van der Waals surface area (Å²) in [4.78, 5) is 2.38. The van der Waals surface area contributed by atoms with E-state index in [1.807, 2.05) is 6.26 Å². The van der Waals surface area contributed by atoms with Crippen molar-refractivity contribution in [2.24, 2.45) is 0 Å². The number of nitrogens with zero attached hydrogens (tertiary/aromatic N) is 1. The molecule has 3 heteroatoms. The quantitative estimate of drug-likeness (QED) is 0.836. The maximum Gasteiger partial charge on any atom is 0.134 e. The van der Waals surface area contributed by atoms with Gasteiger partial charge in [0.05, 0.1) is 6.26 Å². The van der Waals surface area contributed by atoms with Gasteiger partial charge in [0.1, 0.15) is 5.58 Å². The zero-order valence-corrected chi connectivity index (χ0v) is 11.1. The topological polar surface area (TPSA) is 28.4 Å². The second kappa shape index (κ2) is 4.75. The smallest absolute Gasteiger partial charge is 0.134 e. The molecular formula is C15H20N2O. The third kappa shape index (κ3) is 2.16. The summed E-state index contributed by atoms with van der Waals surface area (Å²) in [6.45, 7) is 5.42. The van der Waals surface area contributed by atoms with Gasteiger partial charge >= 0.3 is 0 Å². The molecule has 96 valence electrons. The van der Waals surface area contributed by atoms with Gasteiger partial charge in [0.15, 0.2) is 0 Å². The van der Waals surface area contributed by atoms with Crippen molar-refractivity contribution in [1.82, 2.24) is 10.2 Å². The van der Waals surface area contributed by atoms with Gasteiger partial charge in [-0.15, -0.1) is 0 Å². The van der Waals surface area contributed by atoms with E-state index in [1.54, 1.807) is 0 Å². The van der Waals surface area contributed by atoms with Crippen LogP contribution in [0.5, 0.6) is 0 Å². The number of hydrogen-bond donors (Lipinski definition) is 1. The second-order valence-electron chi connectivity index (χ2n) is 5.29. The summed E-state index contributed by atoms with van der Waals surface area (Å²) in [7, 11) is 2.18. The zero-order chi connectivity index (χ0) is 12.5. The standard InChI is InChI=1S/C15H20N2O/c1-11-3-4-15-12(9-11)13(10-18-15)14-5-7-17(2)8-6-16-14/h3-4,9-10,14,16H,5-8H2,1-2H3. The van der Waals surface area contributed by atoms with Crippen LogP contribution in [0, 0.1) is 6.92 Å². The van der Waals surface area contributed by atoms with Crippen molar-refractivity contribution in [1.29, 1.82) is 0 Å². The molecule has 1 aliphatic heterocycles. The van der Waals surface area contributed by atoms with Gasteiger partial charge in [0.2, 0.25) is 0 Å². The highest BCUT2D eigenvalue weighted by atomic mass is 16.3. The van der Waals surface area contributed by atoms with Crippen LogP contribution in [0.25, 0.3) is 11.0 Å². The Kier molecular flexibility index (Phi) is 3.10. The first-order chi connectivity index (χ1) is 8.74. The van der Waals surface area contributed by atoms with Gasteiger partial charge in [-0.05, 0) is 39.1 Å². The summed E-state index contributed by atoms with van der Waals surface area (Å²) in [6, 6.07) is 6.81. The Morgan fingerprint density at radius 1 is 1.33 bits per heavy atom. The van der Waals surface area contributed by atoms with E-state index in [4.69, 9.17) is 4.42 Å². The molecule has 1 aliphatic rings. The molecule has 1 aromatic carbocycles. The van der Waals surface area contributed by atoms with E-state index in [2.05, 4.69) is 42.4 Å². The van der Waals surface area contributed by atoms with Crippen LogP contribution in [0.4, 0.5) is 0 Å². The minimum atomic E-state index is 0.415. The lowest BCUT2D eigenvalue weighted by molar-refractivity contribution is 0.355. The largest absolute Gasteiger partial charge is 0.464 e. The van der Waals surface area contributed by atoms with Gasteiger partial charge in [-0.1, -0.05) is 11.6 Å². The summed E-state index contributed by atoms with van der Waals surface area (Å²) < 4.78 is 5.67. The number of hydrogen-bond acceptors (Lipinski definition) is 3. The number of fused-ring (bicyclic) bond motifs is 1. The van der Waals surface area contributed by atoms with E-state index >= 15 is 0 Å². The Morgan fingerprint density at radius 2 is 2.22 bits per heavy atom. The number of likely N-dealkylation sites (N-methyl/N-ethyl adjacent to an activating group) is 1. The fraction of sp³-hybridized carbons (Fsp3) is 0.467. The lowest BCUT2D eigenvalue weighted by Gasteiger charge is -2.14. The molecule has 3 nitrogen and oxygen atoms in total. The van der Waals surface area contributed by atoms with Crippen molar-refractivity contribution in [3.63, 3.8) is 0 Å². The first-order valence-corrected chi connectivity index (χ1v) is 6.64. The molecule has 0 saturated carbocycles. The van der Waals surface area contributed by atoms with Gasteiger partial charge in [-0.25, -0.2) is 0 Å². The van der Waals surface area contributed by atoms with Crippen LogP contribution >= 0.6 is 0 Å². The lowest BCUT2D eigenvalue weighted by atomic mass is 10.0. The highest BCUT2D eigenvalue weighted by Gasteiger charge is 2.19. The first kappa shape index (κ1) is 11.8. The molecule has 1 fully saturated rings. The Bertz CT molecular complexity index is 546. The van der Waals surface area contributed by atoms with E-state index < -0.39 is 0 Å². The number of aryl methyl sites for hydroxylation is 1. The predicted molar refractivity (Wildman–Crippen MR) is 73.8 cm³/mol. The number of nitrogens with one attached hydrogen (secondary N) is 1. The molecule has 2 aromatic rings. The van der Waals surface area contributed by atoms with E-state index in [-0.39, 0.29) is 0 Å². The molecular weight excluding hydrogens is 224 g/mol. The molecule has 0 aliphatic carbocycles. The van der Waals surface area contributed by atoms with E-state index in [0.717, 1.165) is 31.6 Å². The summed E-state index contributed by atoms with van der Waals surface area (Å²) in [6.07, 6.45) is 3.06. The fourth-order valence-electron chi connectivity index (χ4n) is 2.69. The molecule has 0 amide bonds. The molecule has 1 unspecified atom stereocenters. The van der Waals surface area contributed by atoms with Gasteiger partial charge in [0, 0.05) is 30.1 Å². The molecule has 0 radical (unpaired) electrons. The van der Waals surface area contributed by atoms with Crippen molar-refractivity contribution in [3.8, 4) is 0 Å². The molecule has 1 atom stereocenters. The number of benzene rings is 1. The third-order valence-electron chi connectivity index (χ3n) is 3.82. The maximum atomic E-state index is 5.67. The molecule has 1 aromatic heterocycles. The fourth-order valence-corrected chi connectivity index (χ4v) is 2.69. The zero-order valence-electron chi connectivity index (χ0n) is 11.1. The van der Waals surface area contributed by atoms with Gasteiger partial charge in [-0.3, -0.25) is 0 Å². The predicted octanol–water partition coefficient (Wildman–Crippen LogP) is 2.71. The molecule has 2 heterocycles. The van der Waals surface area contributed by atoms with Crippen LogP contribution in [0.3, 0.4) is 0 Å². The average molecular weight is 244 g/mol.